The molecule has 0 bridgehead atoms. The van der Waals surface area contributed by atoms with Crippen LogP contribution in [0, 0.1) is 40.9 Å². The number of rotatable bonds is 3. The highest BCUT2D eigenvalue weighted by molar-refractivity contribution is 5.18. The molecule has 0 aromatic rings. The average Bonchev–Trinajstić information content (AvgIpc) is 2.62. The third-order valence-electron chi connectivity index (χ3n) is 5.50. The summed E-state index contributed by atoms with van der Waals surface area (Å²) in [5, 5.41) is 0. The predicted octanol–water partition coefficient (Wildman–Crippen LogP) is 8.67. The van der Waals surface area contributed by atoms with E-state index in [4.69, 9.17) is 0 Å². The van der Waals surface area contributed by atoms with E-state index in [1.54, 1.807) is 19.3 Å². The number of hydrogen-bond acceptors (Lipinski definition) is 0. The lowest BCUT2D eigenvalue weighted by Gasteiger charge is -2.41. The van der Waals surface area contributed by atoms with Gasteiger partial charge >= 0.3 is 0 Å². The van der Waals surface area contributed by atoms with Gasteiger partial charge in [-0.05, 0) is 63.4 Å². The first-order chi connectivity index (χ1) is 12.3. The summed E-state index contributed by atoms with van der Waals surface area (Å²) in [6.45, 7) is 17.2. The van der Waals surface area contributed by atoms with Crippen LogP contribution in [0.5, 0.6) is 0 Å². The van der Waals surface area contributed by atoms with Crippen LogP contribution in [0.1, 0.15) is 113 Å². The Morgan fingerprint density at radius 3 is 2.15 bits per heavy atom. The summed E-state index contributed by atoms with van der Waals surface area (Å²) in [6, 6.07) is 0. The lowest BCUT2D eigenvalue weighted by Crippen LogP contribution is -2.30. The second kappa shape index (κ2) is 14.4. The van der Waals surface area contributed by atoms with E-state index in [9.17, 15) is 0 Å². The Hall–Kier alpha value is -0.700. The third kappa shape index (κ3) is 11.8. The van der Waals surface area contributed by atoms with Gasteiger partial charge in [0.2, 0.25) is 0 Å². The van der Waals surface area contributed by atoms with E-state index in [0.29, 0.717) is 0 Å². The van der Waals surface area contributed by atoms with Gasteiger partial charge in [0, 0.05) is 5.41 Å². The van der Waals surface area contributed by atoms with Crippen LogP contribution in [0.4, 0.5) is 0 Å². The molecule has 0 saturated heterocycles. The fraction of sp³-hybridized carbons (Fsp3) is 0.846. The Kier molecular flexibility index (Phi) is 14.0. The van der Waals surface area contributed by atoms with Gasteiger partial charge in [-0.15, -0.1) is 0 Å². The van der Waals surface area contributed by atoms with Gasteiger partial charge in [-0.1, -0.05) is 97.5 Å². The highest BCUT2D eigenvalue weighted by Crippen LogP contribution is 2.44. The monoisotopic (exact) mass is 360 g/mol. The van der Waals surface area contributed by atoms with E-state index in [-0.39, 0.29) is 5.41 Å². The maximum absolute atomic E-state index is 3.16. The van der Waals surface area contributed by atoms with Crippen LogP contribution >= 0.6 is 0 Å². The van der Waals surface area contributed by atoms with Gasteiger partial charge in [-0.2, -0.15) is 0 Å². The number of hydrogen-bond donors (Lipinski definition) is 0. The molecular weight excluding hydrogens is 312 g/mol. The molecule has 2 aliphatic carbocycles. The van der Waals surface area contributed by atoms with Crippen molar-refractivity contribution in [3.05, 3.63) is 12.2 Å². The molecule has 0 heteroatoms. The summed E-state index contributed by atoms with van der Waals surface area (Å²) < 4.78 is 0. The highest BCUT2D eigenvalue weighted by atomic mass is 14.4. The molecule has 2 fully saturated rings. The summed E-state index contributed by atoms with van der Waals surface area (Å²) >= 11 is 0. The van der Waals surface area contributed by atoms with Gasteiger partial charge in [0.05, 0.1) is 0 Å². The first kappa shape index (κ1) is 25.3. The largest absolute Gasteiger partial charge is 0.0926 e. The topological polar surface area (TPSA) is 0 Å². The number of fused-ring (bicyclic) bond motifs is 1. The molecule has 0 N–H and O–H groups in total. The van der Waals surface area contributed by atoms with E-state index in [0.717, 1.165) is 30.1 Å². The van der Waals surface area contributed by atoms with E-state index in [1.807, 2.05) is 19.9 Å². The van der Waals surface area contributed by atoms with E-state index < -0.39 is 0 Å². The average molecular weight is 361 g/mol. The molecule has 0 spiro atoms. The van der Waals surface area contributed by atoms with Crippen LogP contribution in [-0.4, -0.2) is 0 Å². The van der Waals surface area contributed by atoms with Crippen LogP contribution in [0.2, 0.25) is 0 Å². The molecule has 3 atom stereocenters. The molecule has 2 saturated carbocycles. The Morgan fingerprint density at radius 2 is 1.58 bits per heavy atom. The van der Waals surface area contributed by atoms with Crippen molar-refractivity contribution >= 4 is 0 Å². The van der Waals surface area contributed by atoms with Crippen LogP contribution < -0.4 is 0 Å². The molecule has 0 aromatic heterocycles. The van der Waals surface area contributed by atoms with E-state index in [2.05, 4.69) is 59.5 Å². The zero-order chi connectivity index (χ0) is 20.0. The first-order valence-electron chi connectivity index (χ1n) is 11.5. The zero-order valence-corrected chi connectivity index (χ0v) is 19.3. The minimum Gasteiger partial charge on any atom is -0.0926 e. The van der Waals surface area contributed by atoms with Gasteiger partial charge in [0.15, 0.2) is 0 Å². The Bertz CT molecular complexity index is 401. The molecule has 0 radical (unpaired) electrons. The van der Waals surface area contributed by atoms with Gasteiger partial charge < -0.3 is 0 Å². The molecule has 0 heterocycles. The smallest absolute Gasteiger partial charge is 0.0233 e. The molecule has 3 unspecified atom stereocenters. The summed E-state index contributed by atoms with van der Waals surface area (Å²) in [5.74, 6) is 10.3. The van der Waals surface area contributed by atoms with Crippen molar-refractivity contribution < 1.29 is 0 Å². The van der Waals surface area contributed by atoms with Crippen molar-refractivity contribution in [3.8, 4) is 11.8 Å². The maximum atomic E-state index is 3.16. The van der Waals surface area contributed by atoms with Crippen molar-refractivity contribution in [1.82, 2.24) is 0 Å². The second-order valence-electron chi connectivity index (χ2n) is 9.36. The van der Waals surface area contributed by atoms with Crippen molar-refractivity contribution in [2.24, 2.45) is 29.1 Å². The van der Waals surface area contributed by atoms with Gasteiger partial charge in [0.1, 0.15) is 0 Å². The van der Waals surface area contributed by atoms with Crippen molar-refractivity contribution in [2.75, 3.05) is 0 Å². The normalized spacial score (nSPS) is 25.2. The first-order valence-corrected chi connectivity index (χ1v) is 11.5. The van der Waals surface area contributed by atoms with Crippen LogP contribution in [0.25, 0.3) is 0 Å². The Balaban J connectivity index is 0.000000439. The molecular formula is C26H48. The highest BCUT2D eigenvalue weighted by Gasteiger charge is 2.33. The number of allylic oxidation sites excluding steroid dienone is 2. The Morgan fingerprint density at radius 1 is 0.962 bits per heavy atom. The molecule has 0 aromatic carbocycles. The van der Waals surface area contributed by atoms with Crippen molar-refractivity contribution in [3.63, 3.8) is 0 Å². The van der Waals surface area contributed by atoms with Gasteiger partial charge in [-0.25, -0.2) is 0 Å². The van der Waals surface area contributed by atoms with Crippen LogP contribution in [-0.2, 0) is 0 Å². The van der Waals surface area contributed by atoms with Crippen molar-refractivity contribution in [1.29, 1.82) is 0 Å². The third-order valence-corrected chi connectivity index (χ3v) is 5.50. The lowest BCUT2D eigenvalue weighted by molar-refractivity contribution is 0.101. The minimum atomic E-state index is 0.127. The van der Waals surface area contributed by atoms with Crippen LogP contribution in [0.15, 0.2) is 12.2 Å². The molecule has 0 nitrogen and oxygen atoms in total. The quantitative estimate of drug-likeness (QED) is 0.441. The summed E-state index contributed by atoms with van der Waals surface area (Å²) in [4.78, 5) is 0. The maximum Gasteiger partial charge on any atom is 0.0233 e. The Labute approximate surface area is 166 Å². The fourth-order valence-electron chi connectivity index (χ4n) is 4.24. The van der Waals surface area contributed by atoms with Crippen LogP contribution in [0.3, 0.4) is 0 Å². The molecule has 2 rings (SSSR count). The SMILES string of the molecule is CC.CC(C)C/C=C/C#CC(C)(C)C.CCC1CCCC2CCCCC12. The predicted molar refractivity (Wildman–Crippen MR) is 120 cm³/mol. The fourth-order valence-corrected chi connectivity index (χ4v) is 4.24. The molecule has 0 aliphatic heterocycles. The van der Waals surface area contributed by atoms with E-state index >= 15 is 0 Å². The van der Waals surface area contributed by atoms with Gasteiger partial charge in [-0.3, -0.25) is 0 Å². The summed E-state index contributed by atoms with van der Waals surface area (Å²) in [7, 11) is 0. The minimum absolute atomic E-state index is 0.127. The zero-order valence-electron chi connectivity index (χ0n) is 19.3. The molecule has 152 valence electrons. The van der Waals surface area contributed by atoms with E-state index in [1.165, 1.54) is 32.1 Å². The molecule has 2 aliphatic rings. The van der Waals surface area contributed by atoms with Crippen molar-refractivity contribution in [2.45, 2.75) is 113 Å². The molecule has 26 heavy (non-hydrogen) atoms. The molecule has 0 amide bonds. The second-order valence-corrected chi connectivity index (χ2v) is 9.36. The standard InChI is InChI=1S/C12H22.C12H20.C2H6/c1-2-10-7-5-8-11-6-3-4-9-12(10)11;1-11(2)9-7-6-8-10-12(3,4)5;1-2/h10-12H,2-9H2,1H3;6-7,11H,9H2,1-5H3;1-2H3/b;7-6+;. The van der Waals surface area contributed by atoms with Gasteiger partial charge in [0.25, 0.3) is 0 Å². The summed E-state index contributed by atoms with van der Waals surface area (Å²) in [6.07, 6.45) is 17.5. The summed E-state index contributed by atoms with van der Waals surface area (Å²) in [5.41, 5.74) is 0.127. The lowest BCUT2D eigenvalue weighted by atomic mass is 9.65.